The van der Waals surface area contributed by atoms with Gasteiger partial charge in [-0.2, -0.15) is 4.98 Å². The maximum absolute atomic E-state index is 5.18. The molecule has 0 amide bonds. The summed E-state index contributed by atoms with van der Waals surface area (Å²) in [6.45, 7) is 9.08. The molecule has 2 rings (SSSR count). The second-order valence-corrected chi connectivity index (χ2v) is 5.52. The molecule has 19 heavy (non-hydrogen) atoms. The van der Waals surface area contributed by atoms with Gasteiger partial charge in [0.1, 0.15) is 0 Å². The van der Waals surface area contributed by atoms with Gasteiger partial charge in [0.05, 0.1) is 0 Å². The smallest absolute Gasteiger partial charge is 0.240 e. The van der Waals surface area contributed by atoms with Gasteiger partial charge < -0.3 is 9.84 Å². The Morgan fingerprint density at radius 2 is 1.84 bits per heavy atom. The summed E-state index contributed by atoms with van der Waals surface area (Å²) in [6.07, 6.45) is 4.16. The first-order valence-corrected chi connectivity index (χ1v) is 6.31. The highest BCUT2D eigenvalue weighted by Crippen LogP contribution is 2.10. The minimum Gasteiger partial charge on any atom is -0.339 e. The van der Waals surface area contributed by atoms with Crippen LogP contribution >= 0.6 is 0 Å². The third-order valence-electron chi connectivity index (χ3n) is 2.44. The van der Waals surface area contributed by atoms with Crippen molar-refractivity contribution in [2.24, 2.45) is 0 Å². The normalized spacial score (nSPS) is 11.8. The second kappa shape index (κ2) is 5.44. The Morgan fingerprint density at radius 1 is 1.16 bits per heavy atom. The van der Waals surface area contributed by atoms with E-state index in [2.05, 4.69) is 46.2 Å². The molecule has 0 aromatic carbocycles. The van der Waals surface area contributed by atoms with E-state index >= 15 is 0 Å². The van der Waals surface area contributed by atoms with Gasteiger partial charge in [-0.25, -0.2) is 9.97 Å². The zero-order valence-electron chi connectivity index (χ0n) is 11.8. The molecule has 6 nitrogen and oxygen atoms in total. The third-order valence-corrected chi connectivity index (χ3v) is 2.44. The van der Waals surface area contributed by atoms with Crippen molar-refractivity contribution >= 4 is 0 Å². The van der Waals surface area contributed by atoms with E-state index in [0.717, 1.165) is 12.1 Å². The van der Waals surface area contributed by atoms with Crippen LogP contribution in [-0.4, -0.2) is 32.2 Å². The SMILES string of the molecule is Cc1cnc(-c2noc(CCNC(C)(C)C)n2)nc1. The standard InChI is InChI=1S/C13H19N5O/c1-9-7-14-11(15-8-9)12-17-10(19-18-12)5-6-16-13(2,3)4/h7-8,16H,5-6H2,1-4H3. The average molecular weight is 261 g/mol. The predicted molar refractivity (Wildman–Crippen MR) is 71.5 cm³/mol. The molecule has 0 aliphatic heterocycles. The van der Waals surface area contributed by atoms with Gasteiger partial charge in [0.2, 0.25) is 17.5 Å². The summed E-state index contributed by atoms with van der Waals surface area (Å²) in [7, 11) is 0. The quantitative estimate of drug-likeness (QED) is 0.903. The molecule has 0 fully saturated rings. The van der Waals surface area contributed by atoms with Crippen LogP contribution < -0.4 is 5.32 Å². The highest BCUT2D eigenvalue weighted by Gasteiger charge is 2.12. The number of rotatable bonds is 4. The van der Waals surface area contributed by atoms with Crippen LogP contribution in [0.5, 0.6) is 0 Å². The molecule has 0 saturated carbocycles. The minimum absolute atomic E-state index is 0.0862. The number of nitrogens with zero attached hydrogens (tertiary/aromatic N) is 4. The minimum atomic E-state index is 0.0862. The molecule has 0 unspecified atom stereocenters. The van der Waals surface area contributed by atoms with Crippen LogP contribution in [0.15, 0.2) is 16.9 Å². The van der Waals surface area contributed by atoms with Crippen molar-refractivity contribution in [2.45, 2.75) is 39.7 Å². The first-order valence-electron chi connectivity index (χ1n) is 6.31. The first kappa shape index (κ1) is 13.6. The molecule has 2 aromatic heterocycles. The van der Waals surface area contributed by atoms with E-state index in [1.807, 2.05) is 6.92 Å². The first-order chi connectivity index (χ1) is 8.94. The topological polar surface area (TPSA) is 76.7 Å². The monoisotopic (exact) mass is 261 g/mol. The van der Waals surface area contributed by atoms with Crippen LogP contribution in [0.1, 0.15) is 32.2 Å². The van der Waals surface area contributed by atoms with Gasteiger partial charge in [0.15, 0.2) is 0 Å². The van der Waals surface area contributed by atoms with Crippen molar-refractivity contribution < 1.29 is 4.52 Å². The molecule has 0 aliphatic carbocycles. The van der Waals surface area contributed by atoms with Crippen molar-refractivity contribution in [3.05, 3.63) is 23.8 Å². The largest absolute Gasteiger partial charge is 0.339 e. The Bertz CT molecular complexity index is 527. The number of hydrogen-bond acceptors (Lipinski definition) is 6. The summed E-state index contributed by atoms with van der Waals surface area (Å²) in [4.78, 5) is 12.6. The summed E-state index contributed by atoms with van der Waals surface area (Å²) < 4.78 is 5.18. The average Bonchev–Trinajstić information content (AvgIpc) is 2.77. The Morgan fingerprint density at radius 3 is 2.47 bits per heavy atom. The summed E-state index contributed by atoms with van der Waals surface area (Å²) in [5, 5.41) is 7.26. The molecule has 0 bridgehead atoms. The fraction of sp³-hybridized carbons (Fsp3) is 0.538. The van der Waals surface area contributed by atoms with Crippen molar-refractivity contribution in [2.75, 3.05) is 6.54 Å². The van der Waals surface area contributed by atoms with E-state index in [-0.39, 0.29) is 5.54 Å². The Kier molecular flexibility index (Phi) is 3.90. The van der Waals surface area contributed by atoms with E-state index in [9.17, 15) is 0 Å². The lowest BCUT2D eigenvalue weighted by atomic mass is 10.1. The molecule has 1 N–H and O–H groups in total. The summed E-state index contributed by atoms with van der Waals surface area (Å²) in [6, 6.07) is 0. The van der Waals surface area contributed by atoms with E-state index in [4.69, 9.17) is 4.52 Å². The zero-order chi connectivity index (χ0) is 13.9. The van der Waals surface area contributed by atoms with Gasteiger partial charge in [0.25, 0.3) is 0 Å². The number of aromatic nitrogens is 4. The fourth-order valence-electron chi connectivity index (χ4n) is 1.50. The van der Waals surface area contributed by atoms with E-state index in [1.54, 1.807) is 12.4 Å². The van der Waals surface area contributed by atoms with Crippen molar-refractivity contribution in [1.29, 1.82) is 0 Å². The number of aryl methyl sites for hydroxylation is 1. The van der Waals surface area contributed by atoms with Crippen LogP contribution in [0.3, 0.4) is 0 Å². The fourth-order valence-corrected chi connectivity index (χ4v) is 1.50. The van der Waals surface area contributed by atoms with Gasteiger partial charge in [-0.05, 0) is 33.3 Å². The molecule has 102 valence electrons. The summed E-state index contributed by atoms with van der Waals surface area (Å²) in [5.41, 5.74) is 1.09. The van der Waals surface area contributed by atoms with E-state index in [0.29, 0.717) is 24.0 Å². The van der Waals surface area contributed by atoms with Crippen LogP contribution in [0, 0.1) is 6.92 Å². The van der Waals surface area contributed by atoms with E-state index < -0.39 is 0 Å². The Hall–Kier alpha value is -1.82. The molecule has 6 heteroatoms. The summed E-state index contributed by atoms with van der Waals surface area (Å²) >= 11 is 0. The molecule has 0 saturated heterocycles. The van der Waals surface area contributed by atoms with Gasteiger partial charge in [-0.1, -0.05) is 5.16 Å². The van der Waals surface area contributed by atoms with Crippen LogP contribution in [-0.2, 0) is 6.42 Å². The molecule has 0 aliphatic rings. The lowest BCUT2D eigenvalue weighted by molar-refractivity contribution is 0.362. The van der Waals surface area contributed by atoms with Crippen molar-refractivity contribution in [1.82, 2.24) is 25.4 Å². The number of nitrogens with one attached hydrogen (secondary N) is 1. The van der Waals surface area contributed by atoms with E-state index in [1.165, 1.54) is 0 Å². The Labute approximate surface area is 112 Å². The van der Waals surface area contributed by atoms with Gasteiger partial charge in [0, 0.05) is 30.9 Å². The highest BCUT2D eigenvalue weighted by molar-refractivity contribution is 5.40. The van der Waals surface area contributed by atoms with Crippen molar-refractivity contribution in [3.63, 3.8) is 0 Å². The zero-order valence-corrected chi connectivity index (χ0v) is 11.8. The van der Waals surface area contributed by atoms with Gasteiger partial charge in [-0.3, -0.25) is 0 Å². The van der Waals surface area contributed by atoms with Gasteiger partial charge >= 0.3 is 0 Å². The number of hydrogen-bond donors (Lipinski definition) is 1. The van der Waals surface area contributed by atoms with Crippen LogP contribution in [0.25, 0.3) is 11.6 Å². The maximum Gasteiger partial charge on any atom is 0.240 e. The lowest BCUT2D eigenvalue weighted by Gasteiger charge is -2.19. The molecular formula is C13H19N5O. The molecular weight excluding hydrogens is 242 g/mol. The maximum atomic E-state index is 5.18. The molecule has 0 atom stereocenters. The predicted octanol–water partition coefficient (Wildman–Crippen LogP) is 1.77. The molecule has 2 aromatic rings. The Balaban J connectivity index is 1.97. The lowest BCUT2D eigenvalue weighted by Crippen LogP contribution is -2.37. The third kappa shape index (κ3) is 4.10. The highest BCUT2D eigenvalue weighted by atomic mass is 16.5. The van der Waals surface area contributed by atoms with Gasteiger partial charge in [-0.15, -0.1) is 0 Å². The molecule has 0 radical (unpaired) electrons. The van der Waals surface area contributed by atoms with Crippen LogP contribution in [0.2, 0.25) is 0 Å². The van der Waals surface area contributed by atoms with Crippen LogP contribution in [0.4, 0.5) is 0 Å². The molecule has 2 heterocycles. The summed E-state index contributed by atoms with van der Waals surface area (Å²) in [5.74, 6) is 1.52. The van der Waals surface area contributed by atoms with Crippen molar-refractivity contribution in [3.8, 4) is 11.6 Å². The molecule has 0 spiro atoms. The second-order valence-electron chi connectivity index (χ2n) is 5.52.